The third-order valence-corrected chi connectivity index (χ3v) is 6.02. The van der Waals surface area contributed by atoms with Crippen molar-refractivity contribution in [1.29, 1.82) is 0 Å². The summed E-state index contributed by atoms with van der Waals surface area (Å²) in [7, 11) is 0. The van der Waals surface area contributed by atoms with Gasteiger partial charge in [0.2, 0.25) is 0 Å². The van der Waals surface area contributed by atoms with Gasteiger partial charge in [-0.05, 0) is 86.3 Å². The topological polar surface area (TPSA) is 47.2 Å². The van der Waals surface area contributed by atoms with E-state index in [1.807, 2.05) is 21.3 Å². The van der Waals surface area contributed by atoms with Crippen molar-refractivity contribution in [2.75, 3.05) is 0 Å². The van der Waals surface area contributed by atoms with E-state index >= 15 is 0 Å². The highest BCUT2D eigenvalue weighted by Crippen LogP contribution is 2.30. The minimum atomic E-state index is 0.120. The Morgan fingerprint density at radius 2 is 1.69 bits per heavy atom. The van der Waals surface area contributed by atoms with E-state index in [0.29, 0.717) is 18.2 Å². The van der Waals surface area contributed by atoms with E-state index in [4.69, 9.17) is 0 Å². The van der Waals surface area contributed by atoms with Crippen LogP contribution in [0.2, 0.25) is 0 Å². The molecule has 1 aliphatic rings. The summed E-state index contributed by atoms with van der Waals surface area (Å²) in [5.74, 6) is 0.969. The number of aromatic nitrogens is 2. The minimum Gasteiger partial charge on any atom is -0.508 e. The zero-order chi connectivity index (χ0) is 20.4. The molecule has 29 heavy (non-hydrogen) atoms. The fraction of sp³-hybridized carbons (Fsp3) is 0.400. The summed E-state index contributed by atoms with van der Waals surface area (Å²) >= 11 is 0. The van der Waals surface area contributed by atoms with Crippen molar-refractivity contribution in [3.8, 4) is 5.75 Å². The van der Waals surface area contributed by atoms with Gasteiger partial charge < -0.3 is 5.11 Å². The lowest BCUT2D eigenvalue weighted by Gasteiger charge is -2.07. The number of hydrogen-bond acceptors (Lipinski definition) is 2. The van der Waals surface area contributed by atoms with Crippen LogP contribution in [0, 0.1) is 19.8 Å². The first-order valence-corrected chi connectivity index (χ1v) is 10.6. The zero-order valence-electron chi connectivity index (χ0n) is 17.4. The lowest BCUT2D eigenvalue weighted by atomic mass is 10.1. The van der Waals surface area contributed by atoms with Crippen LogP contribution in [0.1, 0.15) is 47.2 Å². The Labute approximate surface area is 172 Å². The molecule has 4 nitrogen and oxygen atoms in total. The van der Waals surface area contributed by atoms with E-state index in [1.54, 1.807) is 12.1 Å². The van der Waals surface area contributed by atoms with Gasteiger partial charge in [0.1, 0.15) is 5.75 Å². The Morgan fingerprint density at radius 1 is 0.966 bits per heavy atom. The maximum atomic E-state index is 13.1. The molecule has 1 heterocycles. The molecular formula is C25H30N2O2. The highest BCUT2D eigenvalue weighted by molar-refractivity contribution is 5.30. The Bertz CT molecular complexity index is 1040. The zero-order valence-corrected chi connectivity index (χ0v) is 17.4. The third kappa shape index (κ3) is 4.81. The van der Waals surface area contributed by atoms with E-state index in [2.05, 4.69) is 38.2 Å². The Hall–Kier alpha value is -2.75. The summed E-state index contributed by atoms with van der Waals surface area (Å²) in [6.07, 6.45) is 7.37. The van der Waals surface area contributed by atoms with E-state index in [9.17, 15) is 9.90 Å². The smallest absolute Gasteiger partial charge is 0.328 e. The second-order valence-corrected chi connectivity index (χ2v) is 8.52. The fourth-order valence-electron chi connectivity index (χ4n) is 3.88. The van der Waals surface area contributed by atoms with Crippen LogP contribution in [0.25, 0.3) is 0 Å². The highest BCUT2D eigenvalue weighted by Gasteiger charge is 2.24. The number of aromatic hydroxyl groups is 1. The number of rotatable bonds is 8. The van der Waals surface area contributed by atoms with Crippen LogP contribution in [-0.4, -0.2) is 14.2 Å². The number of imidazole rings is 1. The predicted molar refractivity (Wildman–Crippen MR) is 117 cm³/mol. The second-order valence-electron chi connectivity index (χ2n) is 8.52. The van der Waals surface area contributed by atoms with Gasteiger partial charge in [-0.3, -0.25) is 9.13 Å². The molecule has 0 bridgehead atoms. The van der Waals surface area contributed by atoms with E-state index in [-0.39, 0.29) is 5.69 Å². The van der Waals surface area contributed by atoms with Crippen LogP contribution in [0.5, 0.6) is 5.75 Å². The van der Waals surface area contributed by atoms with Crippen LogP contribution in [0.4, 0.5) is 0 Å². The van der Waals surface area contributed by atoms with E-state index < -0.39 is 0 Å². The molecule has 0 atom stereocenters. The van der Waals surface area contributed by atoms with Crippen molar-refractivity contribution >= 4 is 0 Å². The monoisotopic (exact) mass is 390 g/mol. The molecule has 2 aromatic carbocycles. The number of phenolic OH excluding ortho intramolecular Hbond substituents is 1. The summed E-state index contributed by atoms with van der Waals surface area (Å²) in [6, 6.07) is 13.9. The molecule has 1 aliphatic carbocycles. The van der Waals surface area contributed by atoms with Crippen molar-refractivity contribution in [1.82, 2.24) is 9.13 Å². The quantitative estimate of drug-likeness (QED) is 0.611. The summed E-state index contributed by atoms with van der Waals surface area (Å²) in [6.45, 7) is 5.72. The molecule has 1 fully saturated rings. The first kappa shape index (κ1) is 19.6. The van der Waals surface area contributed by atoms with Gasteiger partial charge in [-0.2, -0.15) is 0 Å². The maximum Gasteiger partial charge on any atom is 0.328 e. The van der Waals surface area contributed by atoms with Gasteiger partial charge >= 0.3 is 5.69 Å². The van der Waals surface area contributed by atoms with Crippen LogP contribution >= 0.6 is 0 Å². The first-order valence-electron chi connectivity index (χ1n) is 10.6. The van der Waals surface area contributed by atoms with Crippen molar-refractivity contribution in [3.05, 3.63) is 87.1 Å². The van der Waals surface area contributed by atoms with Gasteiger partial charge in [0.15, 0.2) is 0 Å². The minimum absolute atomic E-state index is 0.120. The molecule has 0 spiro atoms. The molecular weight excluding hydrogens is 360 g/mol. The van der Waals surface area contributed by atoms with Gasteiger partial charge in [-0.15, -0.1) is 0 Å². The lowest BCUT2D eigenvalue weighted by Crippen LogP contribution is -2.26. The summed E-state index contributed by atoms with van der Waals surface area (Å²) < 4.78 is 3.89. The van der Waals surface area contributed by atoms with Gasteiger partial charge in [-0.25, -0.2) is 4.79 Å². The van der Waals surface area contributed by atoms with Gasteiger partial charge in [-0.1, -0.05) is 30.3 Å². The molecule has 0 aliphatic heterocycles. The van der Waals surface area contributed by atoms with Crippen molar-refractivity contribution < 1.29 is 5.11 Å². The third-order valence-electron chi connectivity index (χ3n) is 6.02. The molecule has 0 amide bonds. The number of hydrogen-bond donors (Lipinski definition) is 1. The van der Waals surface area contributed by atoms with Crippen LogP contribution in [0.3, 0.4) is 0 Å². The van der Waals surface area contributed by atoms with Crippen molar-refractivity contribution in [3.63, 3.8) is 0 Å². The van der Waals surface area contributed by atoms with Crippen molar-refractivity contribution in [2.24, 2.45) is 5.92 Å². The highest BCUT2D eigenvalue weighted by atomic mass is 16.3. The largest absolute Gasteiger partial charge is 0.508 e. The molecule has 3 aromatic rings. The molecule has 4 heteroatoms. The van der Waals surface area contributed by atoms with E-state index in [0.717, 1.165) is 31.5 Å². The van der Waals surface area contributed by atoms with Crippen LogP contribution in [0.15, 0.2) is 53.5 Å². The lowest BCUT2D eigenvalue weighted by molar-refractivity contribution is 0.475. The fourth-order valence-corrected chi connectivity index (χ4v) is 3.88. The predicted octanol–water partition coefficient (Wildman–Crippen LogP) is 4.61. The van der Waals surface area contributed by atoms with E-state index in [1.165, 1.54) is 35.1 Å². The molecule has 1 N–H and O–H groups in total. The maximum absolute atomic E-state index is 13.1. The Morgan fingerprint density at radius 3 is 2.38 bits per heavy atom. The first-order chi connectivity index (χ1) is 14.0. The number of aryl methyl sites for hydroxylation is 4. The molecule has 0 unspecified atom stereocenters. The Kier molecular flexibility index (Phi) is 5.61. The molecule has 0 radical (unpaired) electrons. The van der Waals surface area contributed by atoms with Gasteiger partial charge in [0.05, 0.1) is 6.54 Å². The molecule has 0 saturated heterocycles. The second kappa shape index (κ2) is 8.32. The number of benzene rings is 2. The normalized spacial score (nSPS) is 13.7. The molecule has 1 saturated carbocycles. The summed E-state index contributed by atoms with van der Waals surface area (Å²) in [4.78, 5) is 13.1. The average Bonchev–Trinajstić information content (AvgIpc) is 3.48. The number of nitrogens with zero attached hydrogens (tertiary/aromatic N) is 2. The molecule has 1 aromatic heterocycles. The average molecular weight is 391 g/mol. The van der Waals surface area contributed by atoms with Gasteiger partial charge in [0.25, 0.3) is 0 Å². The number of phenols is 1. The summed E-state index contributed by atoms with van der Waals surface area (Å²) in [5, 5.41) is 9.43. The van der Waals surface area contributed by atoms with Gasteiger partial charge in [0, 0.05) is 18.4 Å². The molecule has 152 valence electrons. The summed E-state index contributed by atoms with van der Waals surface area (Å²) in [5.41, 5.74) is 6.20. The van der Waals surface area contributed by atoms with Crippen LogP contribution in [-0.2, 0) is 25.9 Å². The standard InChI is InChI=1S/C25H30N2O2/c1-18-6-7-22(14-19(18)2)15-26-17-23(27(25(26)29)16-21-8-9-21)5-3-4-20-10-12-24(28)13-11-20/h6-7,10-14,17,21,28H,3-5,8-9,15-16H2,1-2H3. The SMILES string of the molecule is Cc1ccc(Cn2cc(CCCc3ccc(O)cc3)n(CC3CC3)c2=O)cc1C. The van der Waals surface area contributed by atoms with Crippen LogP contribution < -0.4 is 5.69 Å². The van der Waals surface area contributed by atoms with Crippen molar-refractivity contribution in [2.45, 2.75) is 59.0 Å². The Balaban J connectivity index is 1.50. The molecule has 4 rings (SSSR count).